The van der Waals surface area contributed by atoms with Gasteiger partial charge in [0.25, 0.3) is 0 Å². The van der Waals surface area contributed by atoms with Crippen LogP contribution in [0.25, 0.3) is 0 Å². The first kappa shape index (κ1) is 15.3. The summed E-state index contributed by atoms with van der Waals surface area (Å²) < 4.78 is 12.0. The second-order valence-corrected chi connectivity index (χ2v) is 6.66. The van der Waals surface area contributed by atoms with Gasteiger partial charge in [-0.2, -0.15) is 0 Å². The Bertz CT molecular complexity index is 691. The molecule has 0 saturated heterocycles. The Balaban J connectivity index is 2.00. The molecular weight excluding hydrogens is 398 g/mol. The van der Waals surface area contributed by atoms with E-state index < -0.39 is 0 Å². The lowest BCUT2D eigenvalue weighted by atomic mass is 10.0. The van der Waals surface area contributed by atoms with E-state index in [1.807, 2.05) is 18.2 Å². The highest BCUT2D eigenvalue weighted by atomic mass is 79.9. The van der Waals surface area contributed by atoms with Crippen LogP contribution in [0.3, 0.4) is 0 Å². The summed E-state index contributed by atoms with van der Waals surface area (Å²) in [5.74, 6) is 1.42. The summed E-state index contributed by atoms with van der Waals surface area (Å²) in [5.41, 5.74) is 1.75. The normalized spacial score (nSPS) is 14.9. The van der Waals surface area contributed by atoms with Gasteiger partial charge in [0, 0.05) is 4.47 Å². The molecule has 0 fully saturated rings. The summed E-state index contributed by atoms with van der Waals surface area (Å²) in [7, 11) is 0. The van der Waals surface area contributed by atoms with Crippen LogP contribution in [0.1, 0.15) is 16.5 Å². The van der Waals surface area contributed by atoms with Crippen LogP contribution in [0.5, 0.6) is 11.5 Å². The number of hydrogen-bond acceptors (Lipinski definition) is 2. The molecule has 1 aliphatic rings. The van der Waals surface area contributed by atoms with Gasteiger partial charge in [0.2, 0.25) is 0 Å². The lowest BCUT2D eigenvalue weighted by Gasteiger charge is -2.21. The van der Waals surface area contributed by atoms with Crippen LogP contribution in [0.15, 0.2) is 34.8 Å². The largest absolute Gasteiger partial charge is 0.486 e. The molecule has 6 heteroatoms. The fourth-order valence-electron chi connectivity index (χ4n) is 2.12. The summed E-state index contributed by atoms with van der Waals surface area (Å²) in [6.45, 7) is 1.09. The van der Waals surface area contributed by atoms with Crippen molar-refractivity contribution in [1.82, 2.24) is 0 Å². The van der Waals surface area contributed by atoms with Crippen molar-refractivity contribution in [2.75, 3.05) is 13.2 Å². The Labute approximate surface area is 146 Å². The molecule has 0 spiro atoms. The predicted molar refractivity (Wildman–Crippen MR) is 89.3 cm³/mol. The van der Waals surface area contributed by atoms with E-state index in [1.54, 1.807) is 12.1 Å². The number of rotatable bonds is 2. The van der Waals surface area contributed by atoms with Crippen molar-refractivity contribution < 1.29 is 9.47 Å². The number of fused-ring (bicyclic) bond motifs is 1. The zero-order valence-corrected chi connectivity index (χ0v) is 14.6. The third-order valence-electron chi connectivity index (χ3n) is 3.17. The SMILES string of the molecule is Clc1ccc(C(Cl)c2cc3c(cc2Br)OCCO3)cc1Cl. The number of benzene rings is 2. The molecule has 110 valence electrons. The maximum atomic E-state index is 6.58. The molecule has 0 aliphatic carbocycles. The average Bonchev–Trinajstić information content (AvgIpc) is 2.48. The summed E-state index contributed by atoms with van der Waals surface area (Å²) in [6, 6.07) is 9.12. The van der Waals surface area contributed by atoms with Gasteiger partial charge in [0.05, 0.1) is 15.4 Å². The van der Waals surface area contributed by atoms with Crippen molar-refractivity contribution in [3.8, 4) is 11.5 Å². The molecule has 0 N–H and O–H groups in total. The zero-order valence-electron chi connectivity index (χ0n) is 10.7. The number of ether oxygens (including phenoxy) is 2. The van der Waals surface area contributed by atoms with Gasteiger partial charge in [-0.25, -0.2) is 0 Å². The molecule has 1 unspecified atom stereocenters. The predicted octanol–water partition coefficient (Wildman–Crippen LogP) is 5.86. The molecule has 1 aliphatic heterocycles. The molecule has 0 amide bonds. The van der Waals surface area contributed by atoms with Crippen LogP contribution in [0.4, 0.5) is 0 Å². The molecule has 1 atom stereocenters. The van der Waals surface area contributed by atoms with Crippen molar-refractivity contribution in [3.05, 3.63) is 56.0 Å². The van der Waals surface area contributed by atoms with E-state index in [0.29, 0.717) is 29.0 Å². The van der Waals surface area contributed by atoms with Crippen LogP contribution in [0, 0.1) is 0 Å². The molecule has 0 bridgehead atoms. The van der Waals surface area contributed by atoms with E-state index in [-0.39, 0.29) is 5.38 Å². The smallest absolute Gasteiger partial charge is 0.162 e. The lowest BCUT2D eigenvalue weighted by molar-refractivity contribution is 0.171. The Morgan fingerprint density at radius 2 is 1.62 bits per heavy atom. The van der Waals surface area contributed by atoms with Crippen LogP contribution >= 0.6 is 50.7 Å². The summed E-state index contributed by atoms with van der Waals surface area (Å²) in [6.07, 6.45) is 0. The van der Waals surface area contributed by atoms with E-state index in [9.17, 15) is 0 Å². The quantitative estimate of drug-likeness (QED) is 0.580. The molecule has 0 aromatic heterocycles. The Morgan fingerprint density at radius 3 is 2.29 bits per heavy atom. The third kappa shape index (κ3) is 3.11. The van der Waals surface area contributed by atoms with Crippen LogP contribution in [-0.4, -0.2) is 13.2 Å². The number of alkyl halides is 1. The van der Waals surface area contributed by atoms with Crippen LogP contribution in [0.2, 0.25) is 10.0 Å². The highest BCUT2D eigenvalue weighted by molar-refractivity contribution is 9.10. The van der Waals surface area contributed by atoms with Crippen molar-refractivity contribution in [1.29, 1.82) is 0 Å². The van der Waals surface area contributed by atoms with Gasteiger partial charge in [-0.1, -0.05) is 45.2 Å². The third-order valence-corrected chi connectivity index (χ3v) is 5.08. The Kier molecular flexibility index (Phi) is 4.55. The lowest BCUT2D eigenvalue weighted by Crippen LogP contribution is -2.15. The van der Waals surface area contributed by atoms with Gasteiger partial charge in [-0.05, 0) is 35.4 Å². The van der Waals surface area contributed by atoms with E-state index in [4.69, 9.17) is 44.3 Å². The summed E-state index contributed by atoms with van der Waals surface area (Å²) in [5, 5.41) is 0.615. The topological polar surface area (TPSA) is 18.5 Å². The van der Waals surface area contributed by atoms with Gasteiger partial charge >= 0.3 is 0 Å². The zero-order chi connectivity index (χ0) is 15.0. The van der Waals surface area contributed by atoms with Gasteiger partial charge in [0.1, 0.15) is 13.2 Å². The molecule has 3 rings (SSSR count). The van der Waals surface area contributed by atoms with Gasteiger partial charge < -0.3 is 9.47 Å². The molecule has 1 heterocycles. The summed E-state index contributed by atoms with van der Waals surface area (Å²) in [4.78, 5) is 0. The second-order valence-electron chi connectivity index (χ2n) is 4.55. The minimum Gasteiger partial charge on any atom is -0.486 e. The van der Waals surface area contributed by atoms with Gasteiger partial charge in [-0.3, -0.25) is 0 Å². The van der Waals surface area contributed by atoms with E-state index in [1.165, 1.54) is 0 Å². The van der Waals surface area contributed by atoms with Gasteiger partial charge in [-0.15, -0.1) is 11.6 Å². The first-order chi connectivity index (χ1) is 10.1. The van der Waals surface area contributed by atoms with Crippen molar-refractivity contribution in [2.24, 2.45) is 0 Å². The Morgan fingerprint density at radius 1 is 0.952 bits per heavy atom. The van der Waals surface area contributed by atoms with E-state index in [0.717, 1.165) is 21.3 Å². The molecule has 2 aromatic rings. The molecule has 21 heavy (non-hydrogen) atoms. The number of hydrogen-bond donors (Lipinski definition) is 0. The van der Waals surface area contributed by atoms with E-state index >= 15 is 0 Å². The molecule has 2 nitrogen and oxygen atoms in total. The van der Waals surface area contributed by atoms with Crippen LogP contribution in [-0.2, 0) is 0 Å². The number of halogens is 4. The Hall–Kier alpha value is -0.610. The fraction of sp³-hybridized carbons (Fsp3) is 0.200. The maximum absolute atomic E-state index is 6.58. The second kappa shape index (κ2) is 6.25. The average molecular weight is 409 g/mol. The van der Waals surface area contributed by atoms with E-state index in [2.05, 4.69) is 15.9 Å². The van der Waals surface area contributed by atoms with Crippen molar-refractivity contribution in [3.63, 3.8) is 0 Å². The molecular formula is C15H10BrCl3O2. The minimum absolute atomic E-state index is 0.370. The standard InChI is InChI=1S/C15H10BrCl3O2/c16-10-7-14-13(20-3-4-21-14)6-9(10)15(19)8-1-2-11(17)12(18)5-8/h1-2,5-7,15H,3-4H2. The highest BCUT2D eigenvalue weighted by Gasteiger charge is 2.20. The summed E-state index contributed by atoms with van der Waals surface area (Å²) >= 11 is 22.1. The molecule has 0 saturated carbocycles. The van der Waals surface area contributed by atoms with Crippen molar-refractivity contribution >= 4 is 50.7 Å². The first-order valence-electron chi connectivity index (χ1n) is 6.24. The first-order valence-corrected chi connectivity index (χ1v) is 8.23. The highest BCUT2D eigenvalue weighted by Crippen LogP contribution is 2.42. The van der Waals surface area contributed by atoms with Gasteiger partial charge in [0.15, 0.2) is 11.5 Å². The maximum Gasteiger partial charge on any atom is 0.162 e. The molecule has 2 aromatic carbocycles. The monoisotopic (exact) mass is 406 g/mol. The van der Waals surface area contributed by atoms with Crippen LogP contribution < -0.4 is 9.47 Å². The van der Waals surface area contributed by atoms with Crippen molar-refractivity contribution in [2.45, 2.75) is 5.38 Å². The molecule has 0 radical (unpaired) electrons. The minimum atomic E-state index is -0.370. The fourth-order valence-corrected chi connectivity index (χ4v) is 3.43.